The molecule has 0 radical (unpaired) electrons. The van der Waals surface area contributed by atoms with E-state index in [1.54, 1.807) is 20.3 Å². The molecule has 1 amide bonds. The first-order chi connectivity index (χ1) is 13.7. The number of carbonyl (C=O) groups is 1. The predicted molar refractivity (Wildman–Crippen MR) is 107 cm³/mol. The maximum Gasteiger partial charge on any atom is 0.230 e. The molecule has 0 saturated heterocycles. The van der Waals surface area contributed by atoms with Crippen LogP contribution in [-0.4, -0.2) is 29.9 Å². The van der Waals surface area contributed by atoms with E-state index < -0.39 is 0 Å². The van der Waals surface area contributed by atoms with Crippen LogP contribution in [0.3, 0.4) is 0 Å². The Balaban J connectivity index is 1.60. The van der Waals surface area contributed by atoms with Crippen LogP contribution in [0.4, 0.5) is 5.82 Å². The van der Waals surface area contributed by atoms with Crippen LogP contribution in [0.1, 0.15) is 23.2 Å². The third-order valence-electron chi connectivity index (χ3n) is 5.01. The second-order valence-corrected chi connectivity index (χ2v) is 6.78. The Hall–Kier alpha value is -3.28. The predicted octanol–water partition coefficient (Wildman–Crippen LogP) is 3.56. The number of hydrogen-bond acceptors (Lipinski definition) is 4. The number of aryl methyl sites for hydroxylation is 1. The Morgan fingerprint density at radius 3 is 2.68 bits per heavy atom. The van der Waals surface area contributed by atoms with Gasteiger partial charge in [-0.1, -0.05) is 24.3 Å². The van der Waals surface area contributed by atoms with E-state index in [2.05, 4.69) is 5.32 Å². The second kappa shape index (κ2) is 7.76. The minimum Gasteiger partial charge on any atom is -0.497 e. The second-order valence-electron chi connectivity index (χ2n) is 6.78. The zero-order chi connectivity index (χ0) is 19.5. The standard InChI is InChI=1S/C22H23N3O3/c1-27-17-12-11-15(20(14-17)28-2)13-21(26)23-22-18-9-6-10-19(18)24-25(22)16-7-4-3-5-8-16/h3-5,7-8,11-12,14H,6,9-10,13H2,1-2H3,(H,23,26). The molecule has 1 heterocycles. The number of hydrogen-bond donors (Lipinski definition) is 1. The van der Waals surface area contributed by atoms with Gasteiger partial charge in [0, 0.05) is 17.2 Å². The van der Waals surface area contributed by atoms with Crippen molar-refractivity contribution in [3.63, 3.8) is 0 Å². The molecule has 1 aliphatic carbocycles. The third kappa shape index (κ3) is 3.45. The quantitative estimate of drug-likeness (QED) is 0.713. The van der Waals surface area contributed by atoms with Crippen LogP contribution >= 0.6 is 0 Å². The molecule has 0 saturated carbocycles. The number of carbonyl (C=O) groups excluding carboxylic acids is 1. The van der Waals surface area contributed by atoms with Crippen molar-refractivity contribution in [1.82, 2.24) is 9.78 Å². The molecule has 0 aliphatic heterocycles. The average molecular weight is 377 g/mol. The van der Waals surface area contributed by atoms with Crippen molar-refractivity contribution in [2.75, 3.05) is 19.5 Å². The molecule has 2 aromatic carbocycles. The number of para-hydroxylation sites is 1. The molecule has 28 heavy (non-hydrogen) atoms. The number of aromatic nitrogens is 2. The van der Waals surface area contributed by atoms with Gasteiger partial charge in [0.25, 0.3) is 0 Å². The summed E-state index contributed by atoms with van der Waals surface area (Å²) >= 11 is 0. The lowest BCUT2D eigenvalue weighted by atomic mass is 10.1. The maximum absolute atomic E-state index is 12.8. The Labute approximate surface area is 164 Å². The number of nitrogens with zero attached hydrogens (tertiary/aromatic N) is 2. The lowest BCUT2D eigenvalue weighted by molar-refractivity contribution is -0.115. The molecular weight excluding hydrogens is 354 g/mol. The van der Waals surface area contributed by atoms with Crippen LogP contribution < -0.4 is 14.8 Å². The van der Waals surface area contributed by atoms with Gasteiger partial charge >= 0.3 is 0 Å². The first kappa shape index (κ1) is 18.1. The highest BCUT2D eigenvalue weighted by atomic mass is 16.5. The van der Waals surface area contributed by atoms with Gasteiger partial charge in [-0.15, -0.1) is 0 Å². The zero-order valence-electron chi connectivity index (χ0n) is 16.1. The van der Waals surface area contributed by atoms with E-state index in [1.807, 2.05) is 47.1 Å². The van der Waals surface area contributed by atoms with Crippen LogP contribution in [0.15, 0.2) is 48.5 Å². The van der Waals surface area contributed by atoms with Crippen molar-refractivity contribution < 1.29 is 14.3 Å². The summed E-state index contributed by atoms with van der Waals surface area (Å²) in [4.78, 5) is 12.8. The van der Waals surface area contributed by atoms with E-state index in [0.29, 0.717) is 11.5 Å². The molecule has 0 bridgehead atoms. The van der Waals surface area contributed by atoms with E-state index in [-0.39, 0.29) is 12.3 Å². The lowest BCUT2D eigenvalue weighted by Crippen LogP contribution is -2.18. The largest absolute Gasteiger partial charge is 0.497 e. The van der Waals surface area contributed by atoms with Gasteiger partial charge in [0.2, 0.25) is 5.91 Å². The maximum atomic E-state index is 12.8. The van der Waals surface area contributed by atoms with Crippen LogP contribution in [0.5, 0.6) is 11.5 Å². The summed E-state index contributed by atoms with van der Waals surface area (Å²) in [6.45, 7) is 0. The van der Waals surface area contributed by atoms with Gasteiger partial charge in [-0.3, -0.25) is 4.79 Å². The van der Waals surface area contributed by atoms with Gasteiger partial charge in [-0.05, 0) is 37.5 Å². The van der Waals surface area contributed by atoms with E-state index in [1.165, 1.54) is 0 Å². The molecule has 6 heteroatoms. The van der Waals surface area contributed by atoms with E-state index in [0.717, 1.165) is 47.6 Å². The van der Waals surface area contributed by atoms with Crippen LogP contribution in [0, 0.1) is 0 Å². The molecule has 1 aromatic heterocycles. The Morgan fingerprint density at radius 1 is 1.11 bits per heavy atom. The van der Waals surface area contributed by atoms with E-state index in [9.17, 15) is 4.79 Å². The fraction of sp³-hybridized carbons (Fsp3) is 0.273. The molecule has 1 aliphatic rings. The van der Waals surface area contributed by atoms with Gasteiger partial charge in [0.05, 0.1) is 32.0 Å². The van der Waals surface area contributed by atoms with Crippen molar-refractivity contribution in [3.8, 4) is 17.2 Å². The number of methoxy groups -OCH3 is 2. The number of nitrogens with one attached hydrogen (secondary N) is 1. The number of amides is 1. The molecule has 0 spiro atoms. The van der Waals surface area contributed by atoms with Crippen molar-refractivity contribution in [2.45, 2.75) is 25.7 Å². The third-order valence-corrected chi connectivity index (χ3v) is 5.01. The first-order valence-corrected chi connectivity index (χ1v) is 9.36. The van der Waals surface area contributed by atoms with Crippen LogP contribution in [-0.2, 0) is 24.1 Å². The Kier molecular flexibility index (Phi) is 5.02. The number of fused-ring (bicyclic) bond motifs is 1. The summed E-state index contributed by atoms with van der Waals surface area (Å²) < 4.78 is 12.5. The van der Waals surface area contributed by atoms with Crippen molar-refractivity contribution >= 4 is 11.7 Å². The lowest BCUT2D eigenvalue weighted by Gasteiger charge is -2.13. The molecule has 1 N–H and O–H groups in total. The SMILES string of the molecule is COc1ccc(CC(=O)Nc2c3c(nn2-c2ccccc2)CCC3)c(OC)c1. The molecule has 144 valence electrons. The monoisotopic (exact) mass is 377 g/mol. The molecule has 3 aromatic rings. The molecule has 0 unspecified atom stereocenters. The van der Waals surface area contributed by atoms with Gasteiger partial charge in [0.1, 0.15) is 17.3 Å². The average Bonchev–Trinajstić information content (AvgIpc) is 3.31. The molecule has 0 fully saturated rings. The molecule has 0 atom stereocenters. The minimum atomic E-state index is -0.102. The smallest absolute Gasteiger partial charge is 0.230 e. The summed E-state index contributed by atoms with van der Waals surface area (Å²) in [6.07, 6.45) is 3.17. The number of anilines is 1. The van der Waals surface area contributed by atoms with Gasteiger partial charge < -0.3 is 14.8 Å². The molecule has 6 nitrogen and oxygen atoms in total. The normalized spacial score (nSPS) is 12.5. The topological polar surface area (TPSA) is 65.4 Å². The Morgan fingerprint density at radius 2 is 1.93 bits per heavy atom. The van der Waals surface area contributed by atoms with E-state index in [4.69, 9.17) is 14.6 Å². The summed E-state index contributed by atoms with van der Waals surface area (Å²) in [5.41, 5.74) is 3.96. The fourth-order valence-electron chi connectivity index (χ4n) is 3.62. The van der Waals surface area contributed by atoms with Crippen molar-refractivity contribution in [3.05, 3.63) is 65.4 Å². The number of benzene rings is 2. The highest BCUT2D eigenvalue weighted by Gasteiger charge is 2.24. The van der Waals surface area contributed by atoms with E-state index >= 15 is 0 Å². The first-order valence-electron chi connectivity index (χ1n) is 9.36. The highest BCUT2D eigenvalue weighted by Crippen LogP contribution is 2.31. The summed E-state index contributed by atoms with van der Waals surface area (Å²) in [5.74, 6) is 2.00. The van der Waals surface area contributed by atoms with Crippen LogP contribution in [0.25, 0.3) is 5.69 Å². The van der Waals surface area contributed by atoms with Gasteiger partial charge in [-0.2, -0.15) is 5.10 Å². The number of rotatable bonds is 6. The zero-order valence-corrected chi connectivity index (χ0v) is 16.1. The van der Waals surface area contributed by atoms with Crippen molar-refractivity contribution in [1.29, 1.82) is 0 Å². The minimum absolute atomic E-state index is 0.102. The molecule has 4 rings (SSSR count). The number of ether oxygens (including phenoxy) is 2. The van der Waals surface area contributed by atoms with Gasteiger partial charge in [0.15, 0.2) is 0 Å². The Bertz CT molecular complexity index is 996. The van der Waals surface area contributed by atoms with Crippen LogP contribution in [0.2, 0.25) is 0 Å². The molecular formula is C22H23N3O3. The fourth-order valence-corrected chi connectivity index (χ4v) is 3.62. The summed E-state index contributed by atoms with van der Waals surface area (Å²) in [6, 6.07) is 15.4. The van der Waals surface area contributed by atoms with Crippen molar-refractivity contribution in [2.24, 2.45) is 0 Å². The van der Waals surface area contributed by atoms with Gasteiger partial charge in [-0.25, -0.2) is 4.68 Å². The summed E-state index contributed by atoms with van der Waals surface area (Å²) in [5, 5.41) is 7.83. The highest BCUT2D eigenvalue weighted by molar-refractivity contribution is 5.93. The summed E-state index contributed by atoms with van der Waals surface area (Å²) in [7, 11) is 3.19.